The first-order valence-corrected chi connectivity index (χ1v) is 7.42. The van der Waals surface area contributed by atoms with Gasteiger partial charge < -0.3 is 15.1 Å². The summed E-state index contributed by atoms with van der Waals surface area (Å²) in [5.74, 6) is -0.515. The number of H-pyrrole nitrogens is 1. The number of amides is 2. The number of nitrogens with one attached hydrogen (secondary N) is 3. The van der Waals surface area contributed by atoms with Gasteiger partial charge in [-0.2, -0.15) is 5.10 Å². The summed E-state index contributed by atoms with van der Waals surface area (Å²) in [5.41, 5.74) is 0.625. The van der Waals surface area contributed by atoms with Crippen LogP contribution in [0.2, 0.25) is 5.22 Å². The van der Waals surface area contributed by atoms with Crippen molar-refractivity contribution in [3.63, 3.8) is 0 Å². The normalized spacial score (nSPS) is 11.7. The smallest absolute Gasteiger partial charge is 0.287 e. The highest BCUT2D eigenvalue weighted by atomic mass is 35.5. The molecule has 0 bridgehead atoms. The molecule has 0 aliphatic heterocycles. The minimum Gasteiger partial charge on any atom is -0.440 e. The average Bonchev–Trinajstić information content (AvgIpc) is 3.24. The van der Waals surface area contributed by atoms with Gasteiger partial charge in [-0.1, -0.05) is 30.3 Å². The highest BCUT2D eigenvalue weighted by molar-refractivity contribution is 6.29. The monoisotopic (exact) mass is 344 g/mol. The third-order valence-corrected chi connectivity index (χ3v) is 3.43. The minimum atomic E-state index is -0.911. The average molecular weight is 345 g/mol. The summed E-state index contributed by atoms with van der Waals surface area (Å²) in [6.07, 6.45) is 1.51. The molecule has 8 heteroatoms. The Morgan fingerprint density at radius 2 is 1.92 bits per heavy atom. The maximum atomic E-state index is 12.6. The molecule has 0 saturated carbocycles. The zero-order valence-electron chi connectivity index (χ0n) is 12.3. The standard InChI is InChI=1S/C16H13ClN4O3/c17-12-7-6-11(24-12)15(22)20-14(10-4-2-1-3-5-10)16(23)19-13-8-9-18-21-13/h1-9,14H,(H,20,22)(H2,18,19,21,23)/t14-/m0/s1. The summed E-state index contributed by atoms with van der Waals surface area (Å²) in [4.78, 5) is 24.8. The third-order valence-electron chi connectivity index (χ3n) is 3.23. The molecule has 1 aromatic carbocycles. The van der Waals surface area contributed by atoms with Gasteiger partial charge in [-0.25, -0.2) is 0 Å². The SMILES string of the molecule is O=C(N[C@H](C(=O)Nc1ccn[nH]1)c1ccccc1)c1ccc(Cl)o1. The van der Waals surface area contributed by atoms with Crippen molar-refractivity contribution < 1.29 is 14.0 Å². The van der Waals surface area contributed by atoms with Crippen LogP contribution in [0.3, 0.4) is 0 Å². The van der Waals surface area contributed by atoms with Crippen molar-refractivity contribution >= 4 is 29.2 Å². The fraction of sp³-hybridized carbons (Fsp3) is 0.0625. The molecule has 3 N–H and O–H groups in total. The second-order valence-corrected chi connectivity index (χ2v) is 5.25. The molecule has 0 radical (unpaired) electrons. The molecule has 7 nitrogen and oxygen atoms in total. The molecule has 122 valence electrons. The van der Waals surface area contributed by atoms with E-state index >= 15 is 0 Å². The molecule has 2 heterocycles. The van der Waals surface area contributed by atoms with Crippen molar-refractivity contribution in [3.05, 3.63) is 71.3 Å². The van der Waals surface area contributed by atoms with Gasteiger partial charge in [0, 0.05) is 6.07 Å². The molecule has 24 heavy (non-hydrogen) atoms. The van der Waals surface area contributed by atoms with E-state index in [-0.39, 0.29) is 11.0 Å². The maximum absolute atomic E-state index is 12.6. The van der Waals surface area contributed by atoms with Gasteiger partial charge in [0.25, 0.3) is 11.8 Å². The molecular formula is C16H13ClN4O3. The van der Waals surface area contributed by atoms with E-state index in [9.17, 15) is 9.59 Å². The maximum Gasteiger partial charge on any atom is 0.287 e. The Labute approximate surface area is 142 Å². The lowest BCUT2D eigenvalue weighted by atomic mass is 10.1. The molecule has 0 aliphatic carbocycles. The second kappa shape index (κ2) is 7.01. The topological polar surface area (TPSA) is 100 Å². The third kappa shape index (κ3) is 3.64. The summed E-state index contributed by atoms with van der Waals surface area (Å²) in [7, 11) is 0. The van der Waals surface area contributed by atoms with Crippen molar-refractivity contribution in [1.29, 1.82) is 0 Å². The zero-order chi connectivity index (χ0) is 16.9. The number of carbonyl (C=O) groups excluding carboxylic acids is 2. The van der Waals surface area contributed by atoms with Crippen LogP contribution in [-0.4, -0.2) is 22.0 Å². The molecule has 1 atom stereocenters. The molecule has 2 aromatic heterocycles. The van der Waals surface area contributed by atoms with E-state index in [4.69, 9.17) is 16.0 Å². The van der Waals surface area contributed by atoms with Crippen LogP contribution in [-0.2, 0) is 4.79 Å². The van der Waals surface area contributed by atoms with Crippen molar-refractivity contribution in [3.8, 4) is 0 Å². The van der Waals surface area contributed by atoms with E-state index in [0.29, 0.717) is 11.4 Å². The number of halogens is 1. The van der Waals surface area contributed by atoms with Gasteiger partial charge in [0.05, 0.1) is 6.20 Å². The number of aromatic nitrogens is 2. The molecule has 0 saturated heterocycles. The van der Waals surface area contributed by atoms with Crippen LogP contribution in [0.4, 0.5) is 5.82 Å². The lowest BCUT2D eigenvalue weighted by Crippen LogP contribution is -2.37. The first-order valence-electron chi connectivity index (χ1n) is 7.05. The van der Waals surface area contributed by atoms with E-state index < -0.39 is 17.9 Å². The summed E-state index contributed by atoms with van der Waals surface area (Å²) in [5, 5.41) is 11.8. The van der Waals surface area contributed by atoms with E-state index in [1.54, 1.807) is 30.3 Å². The van der Waals surface area contributed by atoms with Gasteiger partial charge in [-0.3, -0.25) is 14.7 Å². The summed E-state index contributed by atoms with van der Waals surface area (Å²) >= 11 is 5.68. The number of benzene rings is 1. The van der Waals surface area contributed by atoms with Crippen LogP contribution in [0.1, 0.15) is 22.2 Å². The summed E-state index contributed by atoms with van der Waals surface area (Å²) in [6, 6.07) is 12.5. The lowest BCUT2D eigenvalue weighted by molar-refractivity contribution is -0.118. The number of rotatable bonds is 5. The van der Waals surface area contributed by atoms with Crippen LogP contribution < -0.4 is 10.6 Å². The minimum absolute atomic E-state index is 0.0234. The van der Waals surface area contributed by atoms with Crippen molar-refractivity contribution in [1.82, 2.24) is 15.5 Å². The Kier molecular flexibility index (Phi) is 4.62. The fourth-order valence-corrected chi connectivity index (χ4v) is 2.26. The van der Waals surface area contributed by atoms with Crippen LogP contribution in [0, 0.1) is 0 Å². The molecular weight excluding hydrogens is 332 g/mol. The lowest BCUT2D eigenvalue weighted by Gasteiger charge is -2.17. The summed E-state index contributed by atoms with van der Waals surface area (Å²) in [6.45, 7) is 0. The number of aromatic amines is 1. The fourth-order valence-electron chi connectivity index (χ4n) is 2.11. The molecule has 0 unspecified atom stereocenters. The largest absolute Gasteiger partial charge is 0.440 e. The number of furan rings is 1. The van der Waals surface area contributed by atoms with Gasteiger partial charge in [-0.15, -0.1) is 0 Å². The first kappa shape index (κ1) is 15.8. The zero-order valence-corrected chi connectivity index (χ0v) is 13.1. The highest BCUT2D eigenvalue weighted by Gasteiger charge is 2.25. The molecule has 3 aromatic rings. The van der Waals surface area contributed by atoms with Gasteiger partial charge in [0.1, 0.15) is 11.9 Å². The number of hydrogen-bond donors (Lipinski definition) is 3. The number of hydrogen-bond acceptors (Lipinski definition) is 4. The molecule has 0 spiro atoms. The Hall–Kier alpha value is -3.06. The van der Waals surface area contributed by atoms with Gasteiger partial charge in [-0.05, 0) is 29.3 Å². The molecule has 0 fully saturated rings. The van der Waals surface area contributed by atoms with E-state index in [1.807, 2.05) is 6.07 Å². The van der Waals surface area contributed by atoms with Gasteiger partial charge in [0.15, 0.2) is 11.0 Å². The van der Waals surface area contributed by atoms with Crippen LogP contribution >= 0.6 is 11.6 Å². The van der Waals surface area contributed by atoms with Gasteiger partial charge >= 0.3 is 0 Å². The van der Waals surface area contributed by atoms with E-state index in [2.05, 4.69) is 20.8 Å². The molecule has 3 rings (SSSR count). The van der Waals surface area contributed by atoms with Crippen molar-refractivity contribution in [2.24, 2.45) is 0 Å². The quantitative estimate of drug-likeness (QED) is 0.662. The first-order chi connectivity index (χ1) is 11.6. The Morgan fingerprint density at radius 3 is 2.54 bits per heavy atom. The van der Waals surface area contributed by atoms with E-state index in [1.165, 1.54) is 18.3 Å². The molecule has 2 amide bonds. The van der Waals surface area contributed by atoms with Crippen LogP contribution in [0.15, 0.2) is 59.1 Å². The number of nitrogens with zero attached hydrogens (tertiary/aromatic N) is 1. The predicted molar refractivity (Wildman–Crippen MR) is 87.6 cm³/mol. The number of carbonyl (C=O) groups is 2. The van der Waals surface area contributed by atoms with E-state index in [0.717, 1.165) is 0 Å². The Morgan fingerprint density at radius 1 is 1.12 bits per heavy atom. The Balaban J connectivity index is 1.82. The second-order valence-electron chi connectivity index (χ2n) is 4.88. The van der Waals surface area contributed by atoms with Gasteiger partial charge in [0.2, 0.25) is 0 Å². The highest BCUT2D eigenvalue weighted by Crippen LogP contribution is 2.18. The van der Waals surface area contributed by atoms with Crippen LogP contribution in [0.25, 0.3) is 0 Å². The Bertz CT molecular complexity index is 830. The van der Waals surface area contributed by atoms with Crippen molar-refractivity contribution in [2.45, 2.75) is 6.04 Å². The molecule has 0 aliphatic rings. The number of anilines is 1. The summed E-state index contributed by atoms with van der Waals surface area (Å²) < 4.78 is 5.07. The van der Waals surface area contributed by atoms with Crippen LogP contribution in [0.5, 0.6) is 0 Å². The van der Waals surface area contributed by atoms with Crippen molar-refractivity contribution in [2.75, 3.05) is 5.32 Å². The predicted octanol–water partition coefficient (Wildman–Crippen LogP) is 2.77.